The predicted octanol–water partition coefficient (Wildman–Crippen LogP) is 6.46. The van der Waals surface area contributed by atoms with Crippen molar-refractivity contribution >= 4 is 36.7 Å². The fraction of sp³-hybridized carbons (Fsp3) is 0.111. The molecule has 0 radical (unpaired) electrons. The summed E-state index contributed by atoms with van der Waals surface area (Å²) in [5.41, 5.74) is 1.40. The van der Waals surface area contributed by atoms with Crippen LogP contribution in [0.2, 0.25) is 0 Å². The fourth-order valence-electron chi connectivity index (χ4n) is 4.28. The molecule has 2 heteroatoms. The van der Waals surface area contributed by atoms with E-state index in [1.807, 2.05) is 0 Å². The molecule has 0 unspecified atom stereocenters. The van der Waals surface area contributed by atoms with E-state index in [2.05, 4.69) is 137 Å². The van der Waals surface area contributed by atoms with E-state index < -0.39 is 5.31 Å². The second-order valence-electron chi connectivity index (χ2n) is 7.50. The van der Waals surface area contributed by atoms with Gasteiger partial charge in [-0.1, -0.05) is 0 Å². The molecule has 0 atom stereocenters. The summed E-state index contributed by atoms with van der Waals surface area (Å²) in [5.74, 6) is 0. The molecule has 0 bridgehead atoms. The van der Waals surface area contributed by atoms with E-state index >= 15 is 0 Å². The van der Waals surface area contributed by atoms with E-state index in [0.717, 1.165) is 19.0 Å². The minimum absolute atomic E-state index is 1.08. The molecule has 0 nitrogen and oxygen atoms in total. The Morgan fingerprint density at radius 1 is 0.483 bits per heavy atom. The van der Waals surface area contributed by atoms with Gasteiger partial charge in [-0.2, -0.15) is 0 Å². The molecule has 0 amide bonds. The first kappa shape index (κ1) is 20.1. The third-order valence-corrected chi connectivity index (χ3v) is 15.8. The molecule has 4 rings (SSSR count). The molecule has 0 saturated heterocycles. The molecule has 146 valence electrons. The molecule has 0 heterocycles. The summed E-state index contributed by atoms with van der Waals surface area (Å²) in [7, 11) is 0. The van der Waals surface area contributed by atoms with Gasteiger partial charge in [-0.05, 0) is 0 Å². The summed E-state index contributed by atoms with van der Waals surface area (Å²) >= 11 is 4.52. The van der Waals surface area contributed by atoms with Gasteiger partial charge in [0.1, 0.15) is 0 Å². The van der Waals surface area contributed by atoms with E-state index in [1.54, 1.807) is 0 Å². The van der Waals surface area contributed by atoms with E-state index in [9.17, 15) is 0 Å². The molecule has 0 spiro atoms. The van der Waals surface area contributed by atoms with Crippen molar-refractivity contribution in [2.75, 3.05) is 6.16 Å². The van der Waals surface area contributed by atoms with Crippen LogP contribution in [0.25, 0.3) is 0 Å². The van der Waals surface area contributed by atoms with Crippen LogP contribution >= 0.6 is 20.8 Å². The van der Waals surface area contributed by atoms with Crippen LogP contribution < -0.4 is 15.9 Å². The Morgan fingerprint density at radius 2 is 0.828 bits per heavy atom. The number of halogens is 1. The summed E-state index contributed by atoms with van der Waals surface area (Å²) in [6.45, 7) is 0. The molecule has 4 aromatic rings. The Balaban J connectivity index is 1.87. The average Bonchev–Trinajstić information content (AvgIpc) is 2.81. The maximum absolute atomic E-state index is 4.52. The van der Waals surface area contributed by atoms with Crippen LogP contribution in [0.15, 0.2) is 121 Å². The second-order valence-corrected chi connectivity index (χ2v) is 16.6. The number of rotatable bonds is 7. The third-order valence-electron chi connectivity index (χ3n) is 5.77. The molecule has 0 fully saturated rings. The Labute approximate surface area is 182 Å². The Bertz CT molecular complexity index is 931. The van der Waals surface area contributed by atoms with Crippen molar-refractivity contribution in [2.45, 2.75) is 12.8 Å². The first-order valence-electron chi connectivity index (χ1n) is 10.2. The summed E-state index contributed by atoms with van der Waals surface area (Å²) in [4.78, 5) is 0. The molecule has 4 aromatic carbocycles. The van der Waals surface area contributed by atoms with Crippen molar-refractivity contribution in [1.29, 1.82) is 0 Å². The zero-order valence-electron chi connectivity index (χ0n) is 16.5. The first-order chi connectivity index (χ1) is 14.2. The Morgan fingerprint density at radius 3 is 1.21 bits per heavy atom. The topological polar surface area (TPSA) is 0 Å². The van der Waals surface area contributed by atoms with E-state index in [1.165, 1.54) is 21.5 Å². The minimum atomic E-state index is -2.78. The molecule has 29 heavy (non-hydrogen) atoms. The van der Waals surface area contributed by atoms with Gasteiger partial charge < -0.3 is 0 Å². The van der Waals surface area contributed by atoms with Crippen LogP contribution in [-0.4, -0.2) is 6.16 Å². The van der Waals surface area contributed by atoms with Crippen molar-refractivity contribution in [2.24, 2.45) is 0 Å². The molecule has 0 aliphatic rings. The van der Waals surface area contributed by atoms with E-state index in [0.29, 0.717) is 0 Å². The number of aryl methyl sites for hydroxylation is 1. The van der Waals surface area contributed by atoms with Crippen molar-refractivity contribution in [3.8, 4) is 0 Å². The van der Waals surface area contributed by atoms with Gasteiger partial charge in [0, 0.05) is 0 Å². The van der Waals surface area contributed by atoms with Gasteiger partial charge in [0.15, 0.2) is 0 Å². The molecule has 0 aromatic heterocycles. The molecular formula is C27H26BrP. The quantitative estimate of drug-likeness (QED) is 0.277. The van der Waals surface area contributed by atoms with Gasteiger partial charge in [0.25, 0.3) is 0 Å². The summed E-state index contributed by atoms with van der Waals surface area (Å²) in [5, 5.41) is 1.40. The third kappa shape index (κ3) is 3.82. The van der Waals surface area contributed by atoms with Gasteiger partial charge in [0.2, 0.25) is 0 Å². The predicted molar refractivity (Wildman–Crippen MR) is 134 cm³/mol. The van der Waals surface area contributed by atoms with Gasteiger partial charge in [0.05, 0.1) is 0 Å². The van der Waals surface area contributed by atoms with Crippen LogP contribution in [0.1, 0.15) is 12.0 Å². The van der Waals surface area contributed by atoms with Gasteiger partial charge in [-0.25, -0.2) is 0 Å². The zero-order chi connectivity index (χ0) is 20.0. The molecule has 0 aliphatic heterocycles. The summed E-state index contributed by atoms with van der Waals surface area (Å²) < 4.78 is 0. The number of benzene rings is 4. The first-order valence-corrected chi connectivity index (χ1v) is 14.6. The number of hydrogen-bond donors (Lipinski definition) is 0. The second kappa shape index (κ2) is 8.66. The average molecular weight is 461 g/mol. The maximum atomic E-state index is 4.52. The van der Waals surface area contributed by atoms with Crippen LogP contribution in [0.5, 0.6) is 0 Å². The molecule has 0 aliphatic carbocycles. The van der Waals surface area contributed by atoms with Crippen molar-refractivity contribution in [3.63, 3.8) is 0 Å². The van der Waals surface area contributed by atoms with Crippen LogP contribution in [-0.2, 0) is 6.42 Å². The normalized spacial score (nSPS) is 12.8. The summed E-state index contributed by atoms with van der Waals surface area (Å²) in [6, 6.07) is 44.0. The van der Waals surface area contributed by atoms with Crippen LogP contribution in [0.3, 0.4) is 0 Å². The van der Waals surface area contributed by atoms with Gasteiger partial charge in [-0.3, -0.25) is 0 Å². The van der Waals surface area contributed by atoms with Crippen molar-refractivity contribution in [3.05, 3.63) is 127 Å². The van der Waals surface area contributed by atoms with Gasteiger partial charge in [-0.15, -0.1) is 0 Å². The van der Waals surface area contributed by atoms with Crippen LogP contribution in [0.4, 0.5) is 0 Å². The van der Waals surface area contributed by atoms with E-state index in [4.69, 9.17) is 0 Å². The standard InChI is InChI=1S/C27H26BrP/c28-29(25-17-7-2-8-18-25,26-19-9-3-10-20-26,27-21-11-4-12-22-27)23-13-16-24-14-5-1-6-15-24/h1-12,14-15,17-22H,13,16,23H2. The van der Waals surface area contributed by atoms with Crippen molar-refractivity contribution < 1.29 is 0 Å². The van der Waals surface area contributed by atoms with E-state index in [-0.39, 0.29) is 0 Å². The monoisotopic (exact) mass is 460 g/mol. The Kier molecular flexibility index (Phi) is 5.99. The zero-order valence-corrected chi connectivity index (χ0v) is 19.0. The molecule has 0 saturated carbocycles. The molecule has 0 N–H and O–H groups in total. The SMILES string of the molecule is BrP(CCCc1ccccc1)(c1ccccc1)(c1ccccc1)c1ccccc1. The van der Waals surface area contributed by atoms with Crippen molar-refractivity contribution in [1.82, 2.24) is 0 Å². The van der Waals surface area contributed by atoms with Crippen LogP contribution in [0, 0.1) is 0 Å². The van der Waals surface area contributed by atoms with Gasteiger partial charge >= 0.3 is 183 Å². The number of hydrogen-bond acceptors (Lipinski definition) is 0. The Hall–Kier alpha value is -2.21. The fourth-order valence-corrected chi connectivity index (χ4v) is 12.0. The molecular weight excluding hydrogens is 435 g/mol. The summed E-state index contributed by atoms with van der Waals surface area (Å²) in [6.07, 6.45) is 3.28.